The average molecular weight is 169 g/mol. The van der Waals surface area contributed by atoms with Crippen LogP contribution in [0.2, 0.25) is 0 Å². The summed E-state index contributed by atoms with van der Waals surface area (Å²) in [6, 6.07) is 0. The Morgan fingerprint density at radius 1 is 1.83 bits per heavy atom. The highest BCUT2D eigenvalue weighted by atomic mass is 16.1. The summed E-state index contributed by atoms with van der Waals surface area (Å²) >= 11 is 0. The third-order valence-electron chi connectivity index (χ3n) is 1.17. The second kappa shape index (κ2) is 3.82. The van der Waals surface area contributed by atoms with Gasteiger partial charge in [0.2, 0.25) is 5.91 Å². The first-order valence-electron chi connectivity index (χ1n) is 3.60. The zero-order valence-corrected chi connectivity index (χ0v) is 6.82. The number of amides is 1. The van der Waals surface area contributed by atoms with E-state index < -0.39 is 0 Å². The zero-order chi connectivity index (χ0) is 8.97. The van der Waals surface area contributed by atoms with Crippen LogP contribution in [0.3, 0.4) is 0 Å². The molecule has 0 saturated carbocycles. The van der Waals surface area contributed by atoms with Gasteiger partial charge >= 0.3 is 0 Å². The third kappa shape index (κ3) is 2.31. The largest absolute Gasteiger partial charge is 0.329 e. The van der Waals surface area contributed by atoms with E-state index in [-0.39, 0.29) is 5.91 Å². The van der Waals surface area contributed by atoms with Crippen LogP contribution in [-0.2, 0) is 11.3 Å². The summed E-state index contributed by atoms with van der Waals surface area (Å²) < 4.78 is 0. The minimum absolute atomic E-state index is 0.158. The summed E-state index contributed by atoms with van der Waals surface area (Å²) in [5.74, 6) is 0.297. The Bertz CT molecular complexity index is 269. The summed E-state index contributed by atoms with van der Waals surface area (Å²) in [6.07, 6.45) is 1.48. The van der Waals surface area contributed by atoms with E-state index in [0.717, 1.165) is 0 Å². The minimum atomic E-state index is -0.158. The van der Waals surface area contributed by atoms with Gasteiger partial charge in [-0.2, -0.15) is 9.90 Å². The molecule has 1 amide bonds. The SMILES string of the molecule is CC(=O)Nc1cnn(CCN)n1. The number of carbonyl (C=O) groups is 1. The zero-order valence-electron chi connectivity index (χ0n) is 6.82. The molecule has 1 aromatic heterocycles. The Kier molecular flexibility index (Phi) is 2.76. The van der Waals surface area contributed by atoms with E-state index in [4.69, 9.17) is 5.73 Å². The van der Waals surface area contributed by atoms with Crippen molar-refractivity contribution in [1.29, 1.82) is 0 Å². The molecule has 1 aromatic rings. The van der Waals surface area contributed by atoms with Gasteiger partial charge in [-0.25, -0.2) is 0 Å². The van der Waals surface area contributed by atoms with Crippen LogP contribution in [0, 0.1) is 0 Å². The molecule has 0 saturated heterocycles. The molecule has 0 unspecified atom stereocenters. The highest BCUT2D eigenvalue weighted by molar-refractivity contribution is 5.87. The predicted molar refractivity (Wildman–Crippen MR) is 43.4 cm³/mol. The molecular formula is C6H11N5O. The fourth-order valence-corrected chi connectivity index (χ4v) is 0.758. The number of anilines is 1. The lowest BCUT2D eigenvalue weighted by Gasteiger charge is -1.94. The number of hydrogen-bond acceptors (Lipinski definition) is 4. The second-order valence-corrected chi connectivity index (χ2v) is 2.30. The Balaban J connectivity index is 2.58. The standard InChI is InChI=1S/C6H11N5O/c1-5(12)9-6-4-8-11(10-6)3-2-7/h4H,2-3,7H2,1H3,(H,9,10,12). The van der Waals surface area contributed by atoms with Gasteiger partial charge in [0.15, 0.2) is 5.82 Å². The first-order chi connectivity index (χ1) is 5.72. The Hall–Kier alpha value is -1.43. The van der Waals surface area contributed by atoms with Gasteiger partial charge in [0, 0.05) is 13.5 Å². The number of rotatable bonds is 3. The smallest absolute Gasteiger partial charge is 0.222 e. The van der Waals surface area contributed by atoms with Crippen molar-refractivity contribution in [2.45, 2.75) is 13.5 Å². The molecule has 66 valence electrons. The summed E-state index contributed by atoms with van der Waals surface area (Å²) in [4.78, 5) is 12.0. The van der Waals surface area contributed by atoms with Crippen LogP contribution in [0.1, 0.15) is 6.92 Å². The maximum absolute atomic E-state index is 10.6. The lowest BCUT2D eigenvalue weighted by molar-refractivity contribution is -0.114. The summed E-state index contributed by atoms with van der Waals surface area (Å²) in [6.45, 7) is 2.45. The molecule has 0 aliphatic heterocycles. The fourth-order valence-electron chi connectivity index (χ4n) is 0.758. The van der Waals surface area contributed by atoms with Crippen LogP contribution in [0.5, 0.6) is 0 Å². The van der Waals surface area contributed by atoms with Gasteiger partial charge in [0.1, 0.15) is 0 Å². The summed E-state index contributed by atoms with van der Waals surface area (Å²) in [5.41, 5.74) is 5.28. The Morgan fingerprint density at radius 2 is 2.58 bits per heavy atom. The minimum Gasteiger partial charge on any atom is -0.329 e. The third-order valence-corrected chi connectivity index (χ3v) is 1.17. The molecule has 0 radical (unpaired) electrons. The van der Waals surface area contributed by atoms with Crippen molar-refractivity contribution in [3.63, 3.8) is 0 Å². The quantitative estimate of drug-likeness (QED) is 0.620. The van der Waals surface area contributed by atoms with Crippen LogP contribution in [-0.4, -0.2) is 27.4 Å². The van der Waals surface area contributed by atoms with Crippen molar-refractivity contribution in [2.24, 2.45) is 5.73 Å². The van der Waals surface area contributed by atoms with Crippen molar-refractivity contribution in [3.8, 4) is 0 Å². The van der Waals surface area contributed by atoms with E-state index in [1.165, 1.54) is 17.9 Å². The van der Waals surface area contributed by atoms with E-state index in [1.54, 1.807) is 0 Å². The first kappa shape index (κ1) is 8.66. The van der Waals surface area contributed by atoms with Gasteiger partial charge in [-0.15, -0.1) is 5.10 Å². The molecule has 0 atom stereocenters. The van der Waals surface area contributed by atoms with Crippen molar-refractivity contribution in [1.82, 2.24) is 15.0 Å². The van der Waals surface area contributed by atoms with Crippen LogP contribution >= 0.6 is 0 Å². The molecule has 1 rings (SSSR count). The van der Waals surface area contributed by atoms with E-state index in [0.29, 0.717) is 18.9 Å². The maximum atomic E-state index is 10.6. The lowest BCUT2D eigenvalue weighted by Crippen LogP contribution is -2.13. The highest BCUT2D eigenvalue weighted by Gasteiger charge is 1.99. The number of aromatic nitrogens is 3. The van der Waals surface area contributed by atoms with Crippen molar-refractivity contribution >= 4 is 11.7 Å². The summed E-state index contributed by atoms with van der Waals surface area (Å²) in [5, 5.41) is 10.3. The molecule has 0 fully saturated rings. The molecule has 0 aliphatic rings. The predicted octanol–water partition coefficient (Wildman–Crippen LogP) is -0.805. The number of nitrogens with one attached hydrogen (secondary N) is 1. The Morgan fingerprint density at radius 3 is 3.17 bits per heavy atom. The van der Waals surface area contributed by atoms with Crippen LogP contribution in [0.25, 0.3) is 0 Å². The lowest BCUT2D eigenvalue weighted by atomic mass is 10.6. The molecule has 6 heteroatoms. The molecular weight excluding hydrogens is 158 g/mol. The van der Waals surface area contributed by atoms with Crippen molar-refractivity contribution in [2.75, 3.05) is 11.9 Å². The van der Waals surface area contributed by atoms with E-state index >= 15 is 0 Å². The molecule has 3 N–H and O–H groups in total. The normalized spacial score (nSPS) is 9.83. The monoisotopic (exact) mass is 169 g/mol. The van der Waals surface area contributed by atoms with Crippen molar-refractivity contribution < 1.29 is 4.79 Å². The van der Waals surface area contributed by atoms with Gasteiger partial charge < -0.3 is 11.1 Å². The van der Waals surface area contributed by atoms with Crippen molar-refractivity contribution in [3.05, 3.63) is 6.20 Å². The Labute approximate surface area is 69.7 Å². The van der Waals surface area contributed by atoms with E-state index in [1.807, 2.05) is 0 Å². The average Bonchev–Trinajstić information content (AvgIpc) is 2.36. The molecule has 12 heavy (non-hydrogen) atoms. The molecule has 6 nitrogen and oxygen atoms in total. The van der Waals surface area contributed by atoms with Gasteiger partial charge in [0.25, 0.3) is 0 Å². The molecule has 0 bridgehead atoms. The van der Waals surface area contributed by atoms with E-state index in [2.05, 4.69) is 15.5 Å². The number of nitrogens with zero attached hydrogens (tertiary/aromatic N) is 3. The van der Waals surface area contributed by atoms with Crippen LogP contribution < -0.4 is 11.1 Å². The van der Waals surface area contributed by atoms with Gasteiger partial charge in [-0.05, 0) is 0 Å². The molecule has 0 spiro atoms. The van der Waals surface area contributed by atoms with Gasteiger partial charge in [0.05, 0.1) is 12.7 Å². The number of carbonyl (C=O) groups excluding carboxylic acids is 1. The first-order valence-corrected chi connectivity index (χ1v) is 3.60. The van der Waals surface area contributed by atoms with Gasteiger partial charge in [-0.1, -0.05) is 0 Å². The van der Waals surface area contributed by atoms with Crippen LogP contribution in [0.15, 0.2) is 6.20 Å². The van der Waals surface area contributed by atoms with Crippen LogP contribution in [0.4, 0.5) is 5.82 Å². The van der Waals surface area contributed by atoms with E-state index in [9.17, 15) is 4.79 Å². The van der Waals surface area contributed by atoms with Gasteiger partial charge in [-0.3, -0.25) is 4.79 Å². The number of hydrogen-bond donors (Lipinski definition) is 2. The number of nitrogens with two attached hydrogens (primary N) is 1. The fraction of sp³-hybridized carbons (Fsp3) is 0.500. The molecule has 0 aromatic carbocycles. The summed E-state index contributed by atoms with van der Waals surface area (Å²) in [7, 11) is 0. The second-order valence-electron chi connectivity index (χ2n) is 2.30. The molecule has 0 aliphatic carbocycles. The maximum Gasteiger partial charge on any atom is 0.222 e. The molecule has 1 heterocycles. The highest BCUT2D eigenvalue weighted by Crippen LogP contribution is 1.97. The topological polar surface area (TPSA) is 85.8 Å².